The molecular formula is C9H21NOS. The van der Waals surface area contributed by atoms with Crippen molar-refractivity contribution in [3.63, 3.8) is 0 Å². The average Bonchev–Trinajstić information content (AvgIpc) is 1.85. The molecule has 0 aliphatic heterocycles. The average molecular weight is 191 g/mol. The molecule has 0 heterocycles. The maximum absolute atomic E-state index is 11.4. The Labute approximate surface area is 78.4 Å². The van der Waals surface area contributed by atoms with Crippen molar-refractivity contribution in [2.45, 2.75) is 45.9 Å². The molecule has 0 aliphatic rings. The molecule has 0 amide bonds. The zero-order valence-electron chi connectivity index (χ0n) is 8.76. The van der Waals surface area contributed by atoms with Crippen LogP contribution in [0.2, 0.25) is 0 Å². The van der Waals surface area contributed by atoms with Crippen LogP contribution in [0.5, 0.6) is 0 Å². The third-order valence-electron chi connectivity index (χ3n) is 1.98. The molecule has 2 nitrogen and oxygen atoms in total. The van der Waals surface area contributed by atoms with Crippen LogP contribution in [-0.2, 0) is 10.8 Å². The summed E-state index contributed by atoms with van der Waals surface area (Å²) in [5, 5.41) is 0.221. The largest absolute Gasteiger partial charge is 0.326 e. The number of nitrogens with two attached hydrogens (primary N) is 1. The van der Waals surface area contributed by atoms with E-state index in [1.807, 2.05) is 13.8 Å². The van der Waals surface area contributed by atoms with Crippen molar-refractivity contribution in [2.75, 3.05) is 5.75 Å². The molecule has 0 saturated carbocycles. The van der Waals surface area contributed by atoms with Gasteiger partial charge in [-0.3, -0.25) is 4.21 Å². The van der Waals surface area contributed by atoms with Crippen LogP contribution in [-0.4, -0.2) is 21.3 Å². The molecule has 0 rings (SSSR count). The Morgan fingerprint density at radius 2 is 1.75 bits per heavy atom. The summed E-state index contributed by atoms with van der Waals surface area (Å²) in [4.78, 5) is 0. The molecule has 2 atom stereocenters. The minimum absolute atomic E-state index is 0.0285. The first-order chi connectivity index (χ1) is 5.25. The smallest absolute Gasteiger partial charge is 0.0394 e. The van der Waals surface area contributed by atoms with Gasteiger partial charge in [0.05, 0.1) is 0 Å². The van der Waals surface area contributed by atoms with Crippen molar-refractivity contribution in [1.82, 2.24) is 0 Å². The van der Waals surface area contributed by atoms with Gasteiger partial charge in [0.2, 0.25) is 0 Å². The third kappa shape index (κ3) is 4.21. The molecule has 0 spiro atoms. The van der Waals surface area contributed by atoms with E-state index in [9.17, 15) is 4.21 Å². The van der Waals surface area contributed by atoms with Gasteiger partial charge in [-0.25, -0.2) is 0 Å². The van der Waals surface area contributed by atoms with Gasteiger partial charge in [0, 0.05) is 27.8 Å². The Hall–Kier alpha value is 0.110. The summed E-state index contributed by atoms with van der Waals surface area (Å²) in [6.07, 6.45) is 0. The van der Waals surface area contributed by atoms with Crippen molar-refractivity contribution >= 4 is 10.8 Å². The quantitative estimate of drug-likeness (QED) is 0.735. The topological polar surface area (TPSA) is 43.1 Å². The lowest BCUT2D eigenvalue weighted by Crippen LogP contribution is -2.40. The van der Waals surface area contributed by atoms with Crippen LogP contribution >= 0.6 is 0 Å². The molecule has 0 aromatic rings. The standard InChI is InChI=1S/C9H21NOS/c1-7(2)12(11)6-8(10)9(3,4)5/h7-8H,6,10H2,1-5H3. The molecule has 12 heavy (non-hydrogen) atoms. The second kappa shape index (κ2) is 4.38. The summed E-state index contributed by atoms with van der Waals surface area (Å²) in [5.41, 5.74) is 5.96. The Morgan fingerprint density at radius 1 is 1.33 bits per heavy atom. The van der Waals surface area contributed by atoms with E-state index in [-0.39, 0.29) is 16.7 Å². The van der Waals surface area contributed by atoms with Crippen molar-refractivity contribution < 1.29 is 4.21 Å². The lowest BCUT2D eigenvalue weighted by atomic mass is 9.89. The number of hydrogen-bond acceptors (Lipinski definition) is 2. The number of rotatable bonds is 3. The van der Waals surface area contributed by atoms with Gasteiger partial charge in [-0.15, -0.1) is 0 Å². The Kier molecular flexibility index (Phi) is 4.42. The molecule has 74 valence electrons. The lowest BCUT2D eigenvalue weighted by Gasteiger charge is -2.27. The van der Waals surface area contributed by atoms with E-state index in [4.69, 9.17) is 5.73 Å². The molecule has 2 N–H and O–H groups in total. The molecule has 0 radical (unpaired) electrons. The minimum atomic E-state index is -0.773. The molecular weight excluding hydrogens is 170 g/mol. The zero-order chi connectivity index (χ0) is 9.94. The lowest BCUT2D eigenvalue weighted by molar-refractivity contribution is 0.342. The molecule has 3 heteroatoms. The van der Waals surface area contributed by atoms with Crippen molar-refractivity contribution in [3.05, 3.63) is 0 Å². The van der Waals surface area contributed by atoms with E-state index >= 15 is 0 Å². The molecule has 2 unspecified atom stereocenters. The van der Waals surface area contributed by atoms with Crippen LogP contribution in [0.1, 0.15) is 34.6 Å². The summed E-state index contributed by atoms with van der Waals surface area (Å²) in [6.45, 7) is 10.2. The fraction of sp³-hybridized carbons (Fsp3) is 1.00. The van der Waals surface area contributed by atoms with Crippen LogP contribution in [0.4, 0.5) is 0 Å². The second-order valence-corrected chi connectivity index (χ2v) is 6.61. The van der Waals surface area contributed by atoms with E-state index in [0.717, 1.165) is 0 Å². The van der Waals surface area contributed by atoms with Crippen molar-refractivity contribution in [3.8, 4) is 0 Å². The zero-order valence-corrected chi connectivity index (χ0v) is 9.57. The fourth-order valence-corrected chi connectivity index (χ4v) is 1.86. The monoisotopic (exact) mass is 191 g/mol. The van der Waals surface area contributed by atoms with Crippen LogP contribution in [0.15, 0.2) is 0 Å². The predicted molar refractivity (Wildman–Crippen MR) is 55.6 cm³/mol. The van der Waals surface area contributed by atoms with Crippen LogP contribution in [0.3, 0.4) is 0 Å². The second-order valence-electron chi connectivity index (χ2n) is 4.57. The highest BCUT2D eigenvalue weighted by Gasteiger charge is 2.23. The number of hydrogen-bond donors (Lipinski definition) is 1. The first-order valence-corrected chi connectivity index (χ1v) is 5.76. The summed E-state index contributed by atoms with van der Waals surface area (Å²) in [7, 11) is -0.773. The first kappa shape index (κ1) is 12.1. The summed E-state index contributed by atoms with van der Waals surface area (Å²) in [5.74, 6) is 0.612. The summed E-state index contributed by atoms with van der Waals surface area (Å²) < 4.78 is 11.4. The van der Waals surface area contributed by atoms with Gasteiger partial charge in [0.15, 0.2) is 0 Å². The molecule has 0 aromatic heterocycles. The Morgan fingerprint density at radius 3 is 2.00 bits per heavy atom. The molecule has 0 saturated heterocycles. The maximum Gasteiger partial charge on any atom is 0.0394 e. The Bertz CT molecular complexity index is 160. The van der Waals surface area contributed by atoms with Gasteiger partial charge in [-0.2, -0.15) is 0 Å². The third-order valence-corrected chi connectivity index (χ3v) is 3.72. The summed E-state index contributed by atoms with van der Waals surface area (Å²) in [6, 6.07) is 0.0285. The van der Waals surface area contributed by atoms with Crippen molar-refractivity contribution in [1.29, 1.82) is 0 Å². The minimum Gasteiger partial charge on any atom is -0.326 e. The normalized spacial score (nSPS) is 17.9. The molecule has 0 fully saturated rings. The fourth-order valence-electron chi connectivity index (χ4n) is 0.619. The molecule has 0 aromatic carbocycles. The van der Waals surface area contributed by atoms with E-state index in [0.29, 0.717) is 5.75 Å². The van der Waals surface area contributed by atoms with Gasteiger partial charge >= 0.3 is 0 Å². The molecule has 0 bridgehead atoms. The molecule has 0 aliphatic carbocycles. The van der Waals surface area contributed by atoms with Gasteiger partial charge in [0.1, 0.15) is 0 Å². The van der Waals surface area contributed by atoms with E-state index < -0.39 is 10.8 Å². The highest BCUT2D eigenvalue weighted by Crippen LogP contribution is 2.18. The van der Waals surface area contributed by atoms with E-state index in [1.54, 1.807) is 0 Å². The Balaban J connectivity index is 4.02. The maximum atomic E-state index is 11.4. The SMILES string of the molecule is CC(C)S(=O)CC(N)C(C)(C)C. The highest BCUT2D eigenvalue weighted by molar-refractivity contribution is 7.85. The van der Waals surface area contributed by atoms with Gasteiger partial charge in [-0.05, 0) is 5.41 Å². The van der Waals surface area contributed by atoms with Crippen molar-refractivity contribution in [2.24, 2.45) is 11.1 Å². The van der Waals surface area contributed by atoms with Gasteiger partial charge in [-0.1, -0.05) is 34.6 Å². The van der Waals surface area contributed by atoms with Crippen LogP contribution in [0, 0.1) is 5.41 Å². The van der Waals surface area contributed by atoms with Gasteiger partial charge < -0.3 is 5.73 Å². The summed E-state index contributed by atoms with van der Waals surface area (Å²) >= 11 is 0. The van der Waals surface area contributed by atoms with Crippen LogP contribution < -0.4 is 5.73 Å². The highest BCUT2D eigenvalue weighted by atomic mass is 32.2. The first-order valence-electron chi connectivity index (χ1n) is 4.38. The van der Waals surface area contributed by atoms with Crippen LogP contribution in [0.25, 0.3) is 0 Å². The van der Waals surface area contributed by atoms with Gasteiger partial charge in [0.25, 0.3) is 0 Å². The van der Waals surface area contributed by atoms with E-state index in [2.05, 4.69) is 20.8 Å². The van der Waals surface area contributed by atoms with E-state index in [1.165, 1.54) is 0 Å². The predicted octanol–water partition coefficient (Wildman–Crippen LogP) is 1.52.